The monoisotopic (exact) mass is 206 g/mol. The van der Waals surface area contributed by atoms with Crippen molar-refractivity contribution in [2.75, 3.05) is 6.61 Å². The highest BCUT2D eigenvalue weighted by atomic mass is 16.3. The summed E-state index contributed by atoms with van der Waals surface area (Å²) < 4.78 is 0. The molecule has 1 aliphatic rings. The molecule has 2 nitrogen and oxygen atoms in total. The lowest BCUT2D eigenvalue weighted by Crippen LogP contribution is -2.20. The fourth-order valence-corrected chi connectivity index (χ4v) is 2.46. The third kappa shape index (κ3) is 2.21. The maximum atomic E-state index is 10.2. The van der Waals surface area contributed by atoms with Crippen LogP contribution < -0.4 is 0 Å². The summed E-state index contributed by atoms with van der Waals surface area (Å²) in [7, 11) is 0. The molecule has 1 aliphatic carbocycles. The summed E-state index contributed by atoms with van der Waals surface area (Å²) in [6.07, 6.45) is 3.48. The van der Waals surface area contributed by atoms with Crippen molar-refractivity contribution >= 4 is 0 Å². The standard InChI is InChI=1S/C13H18O2/c14-9-3-5-11-8-7-10-4-1-2-6-12(10)13(11)15/h1-2,4,6,11,13-15H,3,5,7-9H2. The van der Waals surface area contributed by atoms with Crippen molar-refractivity contribution in [2.24, 2.45) is 5.92 Å². The Kier molecular flexibility index (Phi) is 3.39. The average molecular weight is 206 g/mol. The Morgan fingerprint density at radius 3 is 2.87 bits per heavy atom. The Labute approximate surface area is 90.6 Å². The SMILES string of the molecule is OCCCC1CCc2ccccc2C1O. The van der Waals surface area contributed by atoms with E-state index < -0.39 is 0 Å². The molecule has 82 valence electrons. The van der Waals surface area contributed by atoms with E-state index >= 15 is 0 Å². The van der Waals surface area contributed by atoms with E-state index in [1.54, 1.807) is 0 Å². The number of rotatable bonds is 3. The van der Waals surface area contributed by atoms with Gasteiger partial charge in [0.2, 0.25) is 0 Å². The van der Waals surface area contributed by atoms with Crippen molar-refractivity contribution < 1.29 is 10.2 Å². The van der Waals surface area contributed by atoms with Gasteiger partial charge in [0, 0.05) is 6.61 Å². The van der Waals surface area contributed by atoms with E-state index in [4.69, 9.17) is 5.11 Å². The van der Waals surface area contributed by atoms with E-state index in [-0.39, 0.29) is 12.7 Å². The van der Waals surface area contributed by atoms with Crippen LogP contribution in [0, 0.1) is 5.92 Å². The van der Waals surface area contributed by atoms with Gasteiger partial charge in [-0.25, -0.2) is 0 Å². The first-order valence-corrected chi connectivity index (χ1v) is 5.69. The molecular weight excluding hydrogens is 188 g/mol. The summed E-state index contributed by atoms with van der Waals surface area (Å²) in [5, 5.41) is 19.0. The predicted octanol–water partition coefficient (Wildman–Crippen LogP) is 2.05. The molecule has 0 saturated heterocycles. The summed E-state index contributed by atoms with van der Waals surface area (Å²) in [5.74, 6) is 0.326. The average Bonchev–Trinajstić information content (AvgIpc) is 2.29. The van der Waals surface area contributed by atoms with Gasteiger partial charge in [0.15, 0.2) is 0 Å². The zero-order chi connectivity index (χ0) is 10.7. The van der Waals surface area contributed by atoms with Crippen molar-refractivity contribution in [1.29, 1.82) is 0 Å². The second-order valence-corrected chi connectivity index (χ2v) is 4.31. The summed E-state index contributed by atoms with van der Waals surface area (Å²) in [6, 6.07) is 8.13. The Hall–Kier alpha value is -0.860. The van der Waals surface area contributed by atoms with Crippen molar-refractivity contribution in [3.8, 4) is 0 Å². The number of fused-ring (bicyclic) bond motifs is 1. The highest BCUT2D eigenvalue weighted by molar-refractivity contribution is 5.31. The lowest BCUT2D eigenvalue weighted by atomic mass is 9.79. The Bertz CT molecular complexity index is 322. The van der Waals surface area contributed by atoms with Gasteiger partial charge in [0.05, 0.1) is 6.10 Å². The smallest absolute Gasteiger partial charge is 0.0820 e. The molecule has 0 spiro atoms. The van der Waals surface area contributed by atoms with Crippen LogP contribution in [-0.2, 0) is 6.42 Å². The van der Waals surface area contributed by atoms with Crippen LogP contribution in [-0.4, -0.2) is 16.8 Å². The van der Waals surface area contributed by atoms with Crippen molar-refractivity contribution in [3.05, 3.63) is 35.4 Å². The molecule has 15 heavy (non-hydrogen) atoms. The molecule has 2 atom stereocenters. The highest BCUT2D eigenvalue weighted by Gasteiger charge is 2.26. The minimum atomic E-state index is -0.332. The van der Waals surface area contributed by atoms with Gasteiger partial charge >= 0.3 is 0 Å². The van der Waals surface area contributed by atoms with Crippen molar-refractivity contribution in [2.45, 2.75) is 31.8 Å². The summed E-state index contributed by atoms with van der Waals surface area (Å²) >= 11 is 0. The van der Waals surface area contributed by atoms with Crippen LogP contribution in [0.4, 0.5) is 0 Å². The molecule has 0 radical (unpaired) electrons. The number of aliphatic hydroxyl groups excluding tert-OH is 2. The molecule has 0 saturated carbocycles. The van der Waals surface area contributed by atoms with Crippen LogP contribution in [0.5, 0.6) is 0 Å². The first-order chi connectivity index (χ1) is 7.33. The van der Waals surface area contributed by atoms with Crippen molar-refractivity contribution in [3.63, 3.8) is 0 Å². The molecule has 0 heterocycles. The molecule has 1 aromatic carbocycles. The van der Waals surface area contributed by atoms with E-state index in [1.807, 2.05) is 18.2 Å². The summed E-state index contributed by atoms with van der Waals surface area (Å²) in [5.41, 5.74) is 2.37. The minimum Gasteiger partial charge on any atom is -0.396 e. The molecule has 0 bridgehead atoms. The molecule has 0 aliphatic heterocycles. The molecule has 0 fully saturated rings. The Morgan fingerprint density at radius 2 is 2.07 bits per heavy atom. The van der Waals surface area contributed by atoms with Gasteiger partial charge in [-0.15, -0.1) is 0 Å². The van der Waals surface area contributed by atoms with Crippen molar-refractivity contribution in [1.82, 2.24) is 0 Å². The zero-order valence-electron chi connectivity index (χ0n) is 8.89. The zero-order valence-corrected chi connectivity index (χ0v) is 8.89. The number of aliphatic hydroxyl groups is 2. The van der Waals surface area contributed by atoms with Crippen LogP contribution >= 0.6 is 0 Å². The molecule has 0 amide bonds. The minimum absolute atomic E-state index is 0.227. The van der Waals surface area contributed by atoms with Crippen LogP contribution in [0.2, 0.25) is 0 Å². The van der Waals surface area contributed by atoms with E-state index in [0.717, 1.165) is 31.2 Å². The van der Waals surface area contributed by atoms with E-state index in [2.05, 4.69) is 6.07 Å². The Morgan fingerprint density at radius 1 is 1.27 bits per heavy atom. The van der Waals surface area contributed by atoms with Gasteiger partial charge in [-0.1, -0.05) is 24.3 Å². The third-order valence-electron chi connectivity index (χ3n) is 3.34. The molecule has 2 N–H and O–H groups in total. The normalized spacial score (nSPS) is 24.9. The van der Waals surface area contributed by atoms with Gasteiger partial charge in [0.1, 0.15) is 0 Å². The fraction of sp³-hybridized carbons (Fsp3) is 0.538. The fourth-order valence-electron chi connectivity index (χ4n) is 2.46. The number of aryl methyl sites for hydroxylation is 1. The number of hydrogen-bond donors (Lipinski definition) is 2. The summed E-state index contributed by atoms with van der Waals surface area (Å²) in [4.78, 5) is 0. The second-order valence-electron chi connectivity index (χ2n) is 4.31. The maximum absolute atomic E-state index is 10.2. The lowest BCUT2D eigenvalue weighted by Gasteiger charge is -2.29. The molecule has 2 heteroatoms. The number of benzene rings is 1. The first kappa shape index (κ1) is 10.7. The topological polar surface area (TPSA) is 40.5 Å². The van der Waals surface area contributed by atoms with Crippen LogP contribution in [0.25, 0.3) is 0 Å². The van der Waals surface area contributed by atoms with E-state index in [9.17, 15) is 5.11 Å². The lowest BCUT2D eigenvalue weighted by molar-refractivity contribution is 0.0837. The van der Waals surface area contributed by atoms with Gasteiger partial charge in [0.25, 0.3) is 0 Å². The van der Waals surface area contributed by atoms with Crippen LogP contribution in [0.15, 0.2) is 24.3 Å². The molecule has 1 aromatic rings. The quantitative estimate of drug-likeness (QED) is 0.794. The predicted molar refractivity (Wildman–Crippen MR) is 59.5 cm³/mol. The molecule has 0 aromatic heterocycles. The number of hydrogen-bond acceptors (Lipinski definition) is 2. The Balaban J connectivity index is 2.11. The molecule has 2 rings (SSSR count). The van der Waals surface area contributed by atoms with Crippen LogP contribution in [0.1, 0.15) is 36.5 Å². The first-order valence-electron chi connectivity index (χ1n) is 5.69. The highest BCUT2D eigenvalue weighted by Crippen LogP contribution is 2.36. The van der Waals surface area contributed by atoms with E-state index in [0.29, 0.717) is 5.92 Å². The van der Waals surface area contributed by atoms with Gasteiger partial charge in [-0.2, -0.15) is 0 Å². The third-order valence-corrected chi connectivity index (χ3v) is 3.34. The van der Waals surface area contributed by atoms with Gasteiger partial charge in [-0.05, 0) is 42.7 Å². The maximum Gasteiger partial charge on any atom is 0.0820 e. The molecule has 2 unspecified atom stereocenters. The van der Waals surface area contributed by atoms with E-state index in [1.165, 1.54) is 5.56 Å². The van der Waals surface area contributed by atoms with Crippen LogP contribution in [0.3, 0.4) is 0 Å². The van der Waals surface area contributed by atoms with Gasteiger partial charge in [-0.3, -0.25) is 0 Å². The molecular formula is C13H18O2. The summed E-state index contributed by atoms with van der Waals surface area (Å²) in [6.45, 7) is 0.227. The largest absolute Gasteiger partial charge is 0.396 e. The second kappa shape index (κ2) is 4.77. The van der Waals surface area contributed by atoms with Gasteiger partial charge < -0.3 is 10.2 Å².